The molecule has 0 bridgehead atoms. The van der Waals surface area contributed by atoms with E-state index in [1.54, 1.807) is 12.1 Å². The maximum absolute atomic E-state index is 13.8. The summed E-state index contributed by atoms with van der Waals surface area (Å²) < 4.78 is 13.8. The molecule has 0 nitrogen and oxygen atoms in total. The molecule has 1 unspecified atom stereocenters. The van der Waals surface area contributed by atoms with Crippen LogP contribution in [0.1, 0.15) is 22.6 Å². The first-order valence-corrected chi connectivity index (χ1v) is 7.08. The van der Waals surface area contributed by atoms with Crippen molar-refractivity contribution in [3.8, 4) is 0 Å². The topological polar surface area (TPSA) is 0 Å². The van der Waals surface area contributed by atoms with Crippen molar-refractivity contribution >= 4 is 23.2 Å². The molecule has 0 aromatic heterocycles. The van der Waals surface area contributed by atoms with Gasteiger partial charge in [-0.3, -0.25) is 0 Å². The number of hydrogen-bond donors (Lipinski definition) is 0. The highest BCUT2D eigenvalue weighted by Gasteiger charge is 2.14. The molecule has 0 amide bonds. The first-order valence-electron chi connectivity index (χ1n) is 6.16. The summed E-state index contributed by atoms with van der Waals surface area (Å²) in [5.41, 5.74) is 2.98. The zero-order valence-electron chi connectivity index (χ0n) is 10.7. The third-order valence-electron chi connectivity index (χ3n) is 3.18. The van der Waals surface area contributed by atoms with Crippen LogP contribution in [0, 0.1) is 12.7 Å². The van der Waals surface area contributed by atoms with Crippen molar-refractivity contribution < 1.29 is 4.39 Å². The minimum absolute atomic E-state index is 0.109. The lowest BCUT2D eigenvalue weighted by molar-refractivity contribution is 0.598. The maximum Gasteiger partial charge on any atom is 0.127 e. The quantitative estimate of drug-likeness (QED) is 0.667. The molecule has 19 heavy (non-hydrogen) atoms. The summed E-state index contributed by atoms with van der Waals surface area (Å²) in [6.45, 7) is 2.04. The molecule has 0 aliphatic carbocycles. The Morgan fingerprint density at radius 3 is 2.58 bits per heavy atom. The Bertz CT molecular complexity index is 566. The molecule has 2 aromatic rings. The van der Waals surface area contributed by atoms with Crippen LogP contribution in [-0.4, -0.2) is 5.88 Å². The highest BCUT2D eigenvalue weighted by molar-refractivity contribution is 6.30. The molecule has 0 saturated carbocycles. The van der Waals surface area contributed by atoms with Gasteiger partial charge in [0, 0.05) is 16.8 Å². The fourth-order valence-electron chi connectivity index (χ4n) is 2.14. The predicted molar refractivity (Wildman–Crippen MR) is 79.8 cm³/mol. The number of hydrogen-bond acceptors (Lipinski definition) is 0. The summed E-state index contributed by atoms with van der Waals surface area (Å²) in [6.07, 6.45) is 0.579. The van der Waals surface area contributed by atoms with E-state index in [-0.39, 0.29) is 11.7 Å². The third kappa shape index (κ3) is 3.71. The van der Waals surface area contributed by atoms with Gasteiger partial charge in [-0.1, -0.05) is 47.5 Å². The number of benzene rings is 2. The molecule has 2 rings (SSSR count). The largest absolute Gasteiger partial charge is 0.207 e. The fraction of sp³-hybridized carbons (Fsp3) is 0.250. The van der Waals surface area contributed by atoms with Crippen LogP contribution in [0.25, 0.3) is 0 Å². The SMILES string of the molecule is Cc1cccc(C(CCl)Cc2ccc(Cl)cc2F)c1. The van der Waals surface area contributed by atoms with Crippen molar-refractivity contribution in [3.05, 3.63) is 70.0 Å². The summed E-state index contributed by atoms with van der Waals surface area (Å²) in [5.74, 6) is 0.304. The van der Waals surface area contributed by atoms with Gasteiger partial charge in [-0.25, -0.2) is 4.39 Å². The number of aryl methyl sites for hydroxylation is 1. The van der Waals surface area contributed by atoms with Crippen LogP contribution in [0.4, 0.5) is 4.39 Å². The number of halogens is 3. The highest BCUT2D eigenvalue weighted by Crippen LogP contribution is 2.25. The Hall–Kier alpha value is -1.05. The predicted octanol–water partition coefficient (Wildman–Crippen LogP) is 5.35. The van der Waals surface area contributed by atoms with Crippen LogP contribution < -0.4 is 0 Å². The molecule has 0 N–H and O–H groups in total. The van der Waals surface area contributed by atoms with E-state index >= 15 is 0 Å². The van der Waals surface area contributed by atoms with Crippen molar-refractivity contribution in [1.82, 2.24) is 0 Å². The van der Waals surface area contributed by atoms with E-state index in [1.165, 1.54) is 11.6 Å². The molecule has 0 spiro atoms. The summed E-state index contributed by atoms with van der Waals surface area (Å²) in [7, 11) is 0. The van der Waals surface area contributed by atoms with Gasteiger partial charge in [0.25, 0.3) is 0 Å². The minimum atomic E-state index is -0.268. The Morgan fingerprint density at radius 1 is 1.16 bits per heavy atom. The van der Waals surface area contributed by atoms with Gasteiger partial charge in [-0.15, -0.1) is 11.6 Å². The van der Waals surface area contributed by atoms with E-state index in [9.17, 15) is 4.39 Å². The molecule has 100 valence electrons. The van der Waals surface area contributed by atoms with Gasteiger partial charge in [0.15, 0.2) is 0 Å². The average molecular weight is 297 g/mol. The lowest BCUT2D eigenvalue weighted by atomic mass is 9.92. The molecule has 0 radical (unpaired) electrons. The van der Waals surface area contributed by atoms with Gasteiger partial charge < -0.3 is 0 Å². The molecule has 2 aromatic carbocycles. The Morgan fingerprint density at radius 2 is 1.95 bits per heavy atom. The molecule has 0 saturated heterocycles. The third-order valence-corrected chi connectivity index (χ3v) is 3.79. The van der Waals surface area contributed by atoms with Crippen LogP contribution in [-0.2, 0) is 6.42 Å². The summed E-state index contributed by atoms with van der Waals surface area (Å²) >= 11 is 11.8. The Balaban J connectivity index is 2.24. The average Bonchev–Trinajstić information content (AvgIpc) is 2.38. The van der Waals surface area contributed by atoms with E-state index in [0.717, 1.165) is 5.56 Å². The van der Waals surface area contributed by atoms with Crippen LogP contribution >= 0.6 is 23.2 Å². The first kappa shape index (κ1) is 14.4. The van der Waals surface area contributed by atoms with Gasteiger partial charge in [-0.2, -0.15) is 0 Å². The maximum atomic E-state index is 13.8. The second-order valence-electron chi connectivity index (χ2n) is 4.71. The molecule has 0 fully saturated rings. The molecule has 3 heteroatoms. The smallest absolute Gasteiger partial charge is 0.127 e. The van der Waals surface area contributed by atoms with Crippen LogP contribution in [0.2, 0.25) is 5.02 Å². The van der Waals surface area contributed by atoms with Crippen LogP contribution in [0.3, 0.4) is 0 Å². The van der Waals surface area contributed by atoms with Crippen molar-refractivity contribution in [2.45, 2.75) is 19.3 Å². The summed E-state index contributed by atoms with van der Waals surface area (Å²) in [6, 6.07) is 13.0. The normalized spacial score (nSPS) is 12.4. The molecule has 0 aliphatic rings. The van der Waals surface area contributed by atoms with Crippen molar-refractivity contribution in [2.75, 3.05) is 5.88 Å². The van der Waals surface area contributed by atoms with E-state index < -0.39 is 0 Å². The molecule has 1 atom stereocenters. The van der Waals surface area contributed by atoms with E-state index in [2.05, 4.69) is 6.07 Å². The lowest BCUT2D eigenvalue weighted by Gasteiger charge is -2.15. The molecular weight excluding hydrogens is 282 g/mol. The van der Waals surface area contributed by atoms with Gasteiger partial charge in [0.2, 0.25) is 0 Å². The first-order chi connectivity index (χ1) is 9.10. The molecular formula is C16H15Cl2F. The second-order valence-corrected chi connectivity index (χ2v) is 5.45. The zero-order valence-corrected chi connectivity index (χ0v) is 12.2. The van der Waals surface area contributed by atoms with Crippen molar-refractivity contribution in [3.63, 3.8) is 0 Å². The second kappa shape index (κ2) is 6.40. The highest BCUT2D eigenvalue weighted by atomic mass is 35.5. The van der Waals surface area contributed by atoms with E-state index in [4.69, 9.17) is 23.2 Å². The molecule has 0 heterocycles. The van der Waals surface area contributed by atoms with Crippen molar-refractivity contribution in [2.24, 2.45) is 0 Å². The van der Waals surface area contributed by atoms with Gasteiger partial charge >= 0.3 is 0 Å². The number of rotatable bonds is 4. The van der Waals surface area contributed by atoms with E-state index in [1.807, 2.05) is 25.1 Å². The van der Waals surface area contributed by atoms with Gasteiger partial charge in [-0.05, 0) is 36.6 Å². The fourth-order valence-corrected chi connectivity index (χ4v) is 2.58. The van der Waals surface area contributed by atoms with Crippen LogP contribution in [0.5, 0.6) is 0 Å². The van der Waals surface area contributed by atoms with E-state index in [0.29, 0.717) is 22.9 Å². The minimum Gasteiger partial charge on any atom is -0.207 e. The van der Waals surface area contributed by atoms with Gasteiger partial charge in [0.1, 0.15) is 5.82 Å². The zero-order chi connectivity index (χ0) is 13.8. The van der Waals surface area contributed by atoms with Crippen LogP contribution in [0.15, 0.2) is 42.5 Å². The van der Waals surface area contributed by atoms with Gasteiger partial charge in [0.05, 0.1) is 0 Å². The Labute approximate surface area is 123 Å². The summed E-state index contributed by atoms with van der Waals surface area (Å²) in [5, 5.41) is 0.416. The molecule has 0 aliphatic heterocycles. The Kier molecular flexibility index (Phi) is 4.84. The monoisotopic (exact) mass is 296 g/mol. The lowest BCUT2D eigenvalue weighted by Crippen LogP contribution is -2.06. The number of alkyl halides is 1. The summed E-state index contributed by atoms with van der Waals surface area (Å²) in [4.78, 5) is 0. The van der Waals surface area contributed by atoms with Crippen molar-refractivity contribution in [1.29, 1.82) is 0 Å². The standard InChI is InChI=1S/C16H15Cl2F/c1-11-3-2-4-12(7-11)14(10-17)8-13-5-6-15(18)9-16(13)19/h2-7,9,14H,8,10H2,1H3.